The van der Waals surface area contributed by atoms with Gasteiger partial charge in [-0.1, -0.05) is 0 Å². The van der Waals surface area contributed by atoms with Gasteiger partial charge in [-0.2, -0.15) is 0 Å². The molecule has 0 spiro atoms. The molecule has 1 amide bonds. The molecule has 0 rings (SSSR count). The van der Waals surface area contributed by atoms with Crippen LogP contribution < -0.4 is 5.32 Å². The first-order chi connectivity index (χ1) is 6.57. The van der Waals surface area contributed by atoms with Crippen molar-refractivity contribution in [3.8, 4) is 0 Å². The molecule has 1 N–H and O–H groups in total. The summed E-state index contributed by atoms with van der Waals surface area (Å²) in [7, 11) is 4.01. The Morgan fingerprint density at radius 1 is 1.43 bits per heavy atom. The molecule has 0 aliphatic rings. The normalized spacial score (nSPS) is 12.9. The third-order valence-corrected chi connectivity index (χ3v) is 2.53. The van der Waals surface area contributed by atoms with E-state index in [9.17, 15) is 4.79 Å². The average molecular weight is 221 g/mol. The smallest absolute Gasteiger partial charge is 0.220 e. The zero-order chi connectivity index (χ0) is 11.0. The van der Waals surface area contributed by atoms with E-state index < -0.39 is 0 Å². The lowest BCUT2D eigenvalue weighted by Gasteiger charge is -2.19. The molecule has 0 aromatic carbocycles. The van der Waals surface area contributed by atoms with Crippen LogP contribution in [-0.4, -0.2) is 43.4 Å². The fraction of sp³-hybridized carbons (Fsp3) is 0.900. The molecule has 1 atom stereocenters. The minimum absolute atomic E-state index is 0.129. The molecule has 0 bridgehead atoms. The number of alkyl halides is 1. The van der Waals surface area contributed by atoms with Gasteiger partial charge in [0, 0.05) is 24.9 Å². The maximum atomic E-state index is 11.3. The number of hydrogen-bond donors (Lipinski definition) is 1. The number of carbonyl (C=O) groups is 1. The Hall–Kier alpha value is -0.280. The summed E-state index contributed by atoms with van der Waals surface area (Å²) in [6, 6.07) is 0.381. The summed E-state index contributed by atoms with van der Waals surface area (Å²) >= 11 is 5.52. The fourth-order valence-corrected chi connectivity index (χ4v) is 1.10. The summed E-state index contributed by atoms with van der Waals surface area (Å²) in [6.45, 7) is 2.80. The molecular formula is C10H21ClN2O. The second-order valence-corrected chi connectivity index (χ2v) is 4.14. The van der Waals surface area contributed by atoms with Crippen molar-refractivity contribution in [1.29, 1.82) is 0 Å². The fourth-order valence-electron chi connectivity index (χ4n) is 0.913. The number of hydrogen-bond acceptors (Lipinski definition) is 2. The molecule has 0 saturated heterocycles. The highest BCUT2D eigenvalue weighted by molar-refractivity contribution is 6.17. The second-order valence-electron chi connectivity index (χ2n) is 3.76. The highest BCUT2D eigenvalue weighted by Crippen LogP contribution is 1.97. The molecule has 1 unspecified atom stereocenters. The van der Waals surface area contributed by atoms with Crippen molar-refractivity contribution in [3.63, 3.8) is 0 Å². The van der Waals surface area contributed by atoms with E-state index in [1.165, 1.54) is 0 Å². The van der Waals surface area contributed by atoms with Gasteiger partial charge in [0.15, 0.2) is 0 Å². The van der Waals surface area contributed by atoms with Gasteiger partial charge >= 0.3 is 0 Å². The van der Waals surface area contributed by atoms with Crippen LogP contribution in [0.3, 0.4) is 0 Å². The second kappa shape index (κ2) is 8.06. The van der Waals surface area contributed by atoms with E-state index in [0.717, 1.165) is 12.8 Å². The topological polar surface area (TPSA) is 32.3 Å². The van der Waals surface area contributed by atoms with Crippen LogP contribution in [0.1, 0.15) is 26.2 Å². The Kier molecular flexibility index (Phi) is 7.90. The van der Waals surface area contributed by atoms with Crippen LogP contribution in [-0.2, 0) is 4.79 Å². The molecule has 0 aliphatic heterocycles. The van der Waals surface area contributed by atoms with Gasteiger partial charge in [-0.25, -0.2) is 0 Å². The Bertz CT molecular complexity index is 162. The van der Waals surface area contributed by atoms with Crippen molar-refractivity contribution >= 4 is 17.5 Å². The number of nitrogens with zero attached hydrogens (tertiary/aromatic N) is 1. The summed E-state index contributed by atoms with van der Waals surface area (Å²) in [6.07, 6.45) is 2.39. The molecule has 0 aromatic heterocycles. The van der Waals surface area contributed by atoms with Crippen molar-refractivity contribution in [2.24, 2.45) is 0 Å². The first kappa shape index (κ1) is 13.7. The van der Waals surface area contributed by atoms with Gasteiger partial charge < -0.3 is 10.2 Å². The van der Waals surface area contributed by atoms with Crippen LogP contribution >= 0.6 is 11.6 Å². The van der Waals surface area contributed by atoms with E-state index in [4.69, 9.17) is 11.6 Å². The zero-order valence-corrected chi connectivity index (χ0v) is 10.1. The molecule has 0 aliphatic carbocycles. The summed E-state index contributed by atoms with van der Waals surface area (Å²) in [4.78, 5) is 13.4. The van der Waals surface area contributed by atoms with Crippen LogP contribution in [0, 0.1) is 0 Å². The van der Waals surface area contributed by atoms with Gasteiger partial charge in [-0.3, -0.25) is 4.79 Å². The van der Waals surface area contributed by atoms with E-state index >= 15 is 0 Å². The Morgan fingerprint density at radius 3 is 2.57 bits per heavy atom. The molecule has 0 radical (unpaired) electrons. The molecule has 0 aromatic rings. The number of carbonyl (C=O) groups excluding carboxylic acids is 1. The van der Waals surface area contributed by atoms with E-state index in [0.29, 0.717) is 24.9 Å². The number of amides is 1. The molecule has 4 heteroatoms. The van der Waals surface area contributed by atoms with Gasteiger partial charge in [-0.15, -0.1) is 11.6 Å². The standard InChI is InChI=1S/C10H21ClN2O/c1-9(13(2)3)8-12-10(14)6-4-5-7-11/h9H,4-8H2,1-3H3,(H,12,14). The van der Waals surface area contributed by atoms with E-state index in [1.54, 1.807) is 0 Å². The molecule has 0 fully saturated rings. The summed E-state index contributed by atoms with van der Waals surface area (Å²) in [5.41, 5.74) is 0. The van der Waals surface area contributed by atoms with E-state index in [-0.39, 0.29) is 5.91 Å². The molecule has 3 nitrogen and oxygen atoms in total. The first-order valence-corrected chi connectivity index (χ1v) is 5.60. The summed E-state index contributed by atoms with van der Waals surface area (Å²) in [5.74, 6) is 0.769. The maximum absolute atomic E-state index is 11.3. The van der Waals surface area contributed by atoms with Crippen molar-refractivity contribution < 1.29 is 4.79 Å². The third kappa shape index (κ3) is 7.15. The lowest BCUT2D eigenvalue weighted by molar-refractivity contribution is -0.121. The van der Waals surface area contributed by atoms with Crippen LogP contribution in [0.4, 0.5) is 0 Å². The Labute approximate surface area is 91.8 Å². The molecule has 0 saturated carbocycles. The first-order valence-electron chi connectivity index (χ1n) is 5.07. The van der Waals surface area contributed by atoms with Crippen molar-refractivity contribution in [1.82, 2.24) is 10.2 Å². The monoisotopic (exact) mass is 220 g/mol. The quantitative estimate of drug-likeness (QED) is 0.521. The largest absolute Gasteiger partial charge is 0.355 e. The number of nitrogens with one attached hydrogen (secondary N) is 1. The van der Waals surface area contributed by atoms with Gasteiger partial charge in [0.25, 0.3) is 0 Å². The van der Waals surface area contributed by atoms with Crippen molar-refractivity contribution in [2.75, 3.05) is 26.5 Å². The highest BCUT2D eigenvalue weighted by Gasteiger charge is 2.06. The number of rotatable bonds is 7. The van der Waals surface area contributed by atoms with Crippen LogP contribution in [0.25, 0.3) is 0 Å². The molecular weight excluding hydrogens is 200 g/mol. The summed E-state index contributed by atoms with van der Waals surface area (Å²) in [5, 5.41) is 2.90. The SMILES string of the molecule is CC(CNC(=O)CCCCCl)N(C)C. The zero-order valence-electron chi connectivity index (χ0n) is 9.35. The van der Waals surface area contributed by atoms with Crippen LogP contribution in [0.2, 0.25) is 0 Å². The lowest BCUT2D eigenvalue weighted by Crippen LogP contribution is -2.38. The van der Waals surface area contributed by atoms with Crippen LogP contribution in [0.15, 0.2) is 0 Å². The lowest BCUT2D eigenvalue weighted by atomic mass is 10.2. The molecule has 0 heterocycles. The minimum Gasteiger partial charge on any atom is -0.355 e. The van der Waals surface area contributed by atoms with Crippen LogP contribution in [0.5, 0.6) is 0 Å². The number of unbranched alkanes of at least 4 members (excludes halogenated alkanes) is 1. The highest BCUT2D eigenvalue weighted by atomic mass is 35.5. The van der Waals surface area contributed by atoms with Gasteiger partial charge in [-0.05, 0) is 33.9 Å². The predicted octanol–water partition coefficient (Wildman–Crippen LogP) is 1.46. The molecule has 84 valence electrons. The van der Waals surface area contributed by atoms with E-state index in [1.807, 2.05) is 14.1 Å². The summed E-state index contributed by atoms with van der Waals surface area (Å²) < 4.78 is 0. The average Bonchev–Trinajstić information content (AvgIpc) is 2.14. The Morgan fingerprint density at radius 2 is 2.07 bits per heavy atom. The maximum Gasteiger partial charge on any atom is 0.220 e. The molecule has 14 heavy (non-hydrogen) atoms. The predicted molar refractivity (Wildman–Crippen MR) is 60.7 cm³/mol. The van der Waals surface area contributed by atoms with Crippen molar-refractivity contribution in [3.05, 3.63) is 0 Å². The third-order valence-electron chi connectivity index (χ3n) is 2.26. The number of likely N-dealkylation sites (N-methyl/N-ethyl adjacent to an activating group) is 1. The minimum atomic E-state index is 0.129. The van der Waals surface area contributed by atoms with Crippen molar-refractivity contribution in [2.45, 2.75) is 32.2 Å². The van der Waals surface area contributed by atoms with E-state index in [2.05, 4.69) is 17.1 Å². The van der Waals surface area contributed by atoms with Gasteiger partial charge in [0.1, 0.15) is 0 Å². The number of halogens is 1. The van der Waals surface area contributed by atoms with Gasteiger partial charge in [0.05, 0.1) is 0 Å². The Balaban J connectivity index is 3.44. The van der Waals surface area contributed by atoms with Gasteiger partial charge in [0.2, 0.25) is 5.91 Å².